The molecular weight excluding hydrogens is 148 g/mol. The molecule has 1 atom stereocenters. The average molecular weight is 166 g/mol. The number of epoxide rings is 1. The van der Waals surface area contributed by atoms with Crippen LogP contribution in [0.1, 0.15) is 46.5 Å². The van der Waals surface area contributed by atoms with Crippen molar-refractivity contribution in [2.75, 3.05) is 0 Å². The van der Waals surface area contributed by atoms with Crippen LogP contribution < -0.4 is 0 Å². The Morgan fingerprint density at radius 3 is 2.50 bits per heavy atom. The molecule has 1 spiro atoms. The molecule has 1 aliphatic heterocycles. The zero-order chi connectivity index (χ0) is 8.82. The minimum atomic E-state index is 0.142. The van der Waals surface area contributed by atoms with Crippen molar-refractivity contribution in [3.8, 4) is 0 Å². The van der Waals surface area contributed by atoms with Crippen LogP contribution in [0.3, 0.4) is 0 Å². The highest BCUT2D eigenvalue weighted by atomic mass is 16.6. The van der Waals surface area contributed by atoms with Gasteiger partial charge in [0.25, 0.3) is 0 Å². The van der Waals surface area contributed by atoms with E-state index in [9.17, 15) is 0 Å². The van der Waals surface area contributed by atoms with Gasteiger partial charge in [0.05, 0.1) is 5.60 Å². The highest BCUT2D eigenvalue weighted by Gasteiger charge is 2.65. The van der Waals surface area contributed by atoms with Crippen LogP contribution in [0.2, 0.25) is 0 Å². The predicted molar refractivity (Wildman–Crippen MR) is 50.1 cm³/mol. The molecule has 2 aliphatic rings. The van der Waals surface area contributed by atoms with Gasteiger partial charge in [0.1, 0.15) is 5.60 Å². The molecule has 0 aromatic rings. The van der Waals surface area contributed by atoms with Gasteiger partial charge in [-0.15, -0.1) is 0 Å². The van der Waals surface area contributed by atoms with E-state index in [1.54, 1.807) is 5.57 Å². The number of rotatable bonds is 3. The van der Waals surface area contributed by atoms with E-state index >= 15 is 0 Å². The monoisotopic (exact) mass is 166 g/mol. The van der Waals surface area contributed by atoms with Crippen LogP contribution in [0.5, 0.6) is 0 Å². The van der Waals surface area contributed by atoms with Gasteiger partial charge in [0.2, 0.25) is 0 Å². The molecule has 0 bridgehead atoms. The first kappa shape index (κ1) is 8.31. The summed E-state index contributed by atoms with van der Waals surface area (Å²) in [6.07, 6.45) is 7.47. The van der Waals surface area contributed by atoms with Gasteiger partial charge in [-0.3, -0.25) is 0 Å². The molecular formula is C11H18O. The predicted octanol–water partition coefficient (Wildman–Crippen LogP) is 3.05. The Morgan fingerprint density at radius 2 is 2.08 bits per heavy atom. The van der Waals surface area contributed by atoms with Crippen LogP contribution in [0.15, 0.2) is 11.6 Å². The van der Waals surface area contributed by atoms with Gasteiger partial charge in [-0.25, -0.2) is 0 Å². The van der Waals surface area contributed by atoms with Gasteiger partial charge < -0.3 is 4.74 Å². The molecule has 1 heterocycles. The lowest BCUT2D eigenvalue weighted by molar-refractivity contribution is 0.286. The lowest BCUT2D eigenvalue weighted by Crippen LogP contribution is -2.26. The molecule has 0 N–H and O–H groups in total. The molecule has 1 aliphatic carbocycles. The van der Waals surface area contributed by atoms with E-state index in [-0.39, 0.29) is 11.2 Å². The van der Waals surface area contributed by atoms with E-state index in [2.05, 4.69) is 26.8 Å². The fourth-order valence-electron chi connectivity index (χ4n) is 2.08. The van der Waals surface area contributed by atoms with Crippen molar-refractivity contribution < 1.29 is 4.74 Å². The zero-order valence-corrected chi connectivity index (χ0v) is 8.31. The van der Waals surface area contributed by atoms with Crippen molar-refractivity contribution in [2.45, 2.75) is 57.7 Å². The summed E-state index contributed by atoms with van der Waals surface area (Å²) in [5, 5.41) is 0. The molecule has 1 unspecified atom stereocenters. The minimum Gasteiger partial charge on any atom is -0.358 e. The lowest BCUT2D eigenvalue weighted by Gasteiger charge is -2.24. The van der Waals surface area contributed by atoms with Crippen LogP contribution in [0, 0.1) is 0 Å². The zero-order valence-electron chi connectivity index (χ0n) is 8.31. The second-order valence-corrected chi connectivity index (χ2v) is 4.58. The molecule has 0 amide bonds. The van der Waals surface area contributed by atoms with Gasteiger partial charge in [0.15, 0.2) is 0 Å². The highest BCUT2D eigenvalue weighted by molar-refractivity contribution is 5.38. The maximum atomic E-state index is 5.66. The molecule has 1 saturated heterocycles. The first-order valence-corrected chi connectivity index (χ1v) is 5.00. The molecule has 0 saturated carbocycles. The van der Waals surface area contributed by atoms with Crippen molar-refractivity contribution in [3.05, 3.63) is 11.6 Å². The summed E-state index contributed by atoms with van der Waals surface area (Å²) in [6, 6.07) is 0. The lowest BCUT2D eigenvalue weighted by atomic mass is 9.77. The molecule has 1 nitrogen and oxygen atoms in total. The third kappa shape index (κ3) is 1.03. The third-order valence-electron chi connectivity index (χ3n) is 3.19. The van der Waals surface area contributed by atoms with E-state index < -0.39 is 0 Å². The average Bonchev–Trinajstić information content (AvgIpc) is 2.47. The fraction of sp³-hybridized carbons (Fsp3) is 0.818. The number of hydrogen-bond acceptors (Lipinski definition) is 1. The molecule has 68 valence electrons. The summed E-state index contributed by atoms with van der Waals surface area (Å²) in [6.45, 7) is 6.60. The van der Waals surface area contributed by atoms with Crippen molar-refractivity contribution in [1.82, 2.24) is 0 Å². The van der Waals surface area contributed by atoms with Crippen LogP contribution in [0.4, 0.5) is 0 Å². The van der Waals surface area contributed by atoms with Gasteiger partial charge in [-0.1, -0.05) is 25.0 Å². The summed E-state index contributed by atoms with van der Waals surface area (Å²) in [5.74, 6) is 0. The molecule has 12 heavy (non-hydrogen) atoms. The standard InChI is InChI=1S/C11H18O/c1-4-5-6-9-7-11(8-9)10(2,3)12-11/h7H,4-6,8H2,1-3H3. The topological polar surface area (TPSA) is 12.5 Å². The van der Waals surface area contributed by atoms with E-state index in [1.165, 1.54) is 25.7 Å². The molecule has 0 aromatic carbocycles. The van der Waals surface area contributed by atoms with Gasteiger partial charge in [-0.05, 0) is 26.7 Å². The van der Waals surface area contributed by atoms with Crippen molar-refractivity contribution in [3.63, 3.8) is 0 Å². The summed E-state index contributed by atoms with van der Waals surface area (Å²) in [4.78, 5) is 0. The molecule has 0 radical (unpaired) electrons. The first-order chi connectivity index (χ1) is 5.60. The maximum Gasteiger partial charge on any atom is 0.119 e. The SMILES string of the molecule is CCCCC1=CC2(C1)OC2(C)C. The molecule has 1 heteroatoms. The van der Waals surface area contributed by atoms with E-state index in [1.807, 2.05) is 0 Å². The second kappa shape index (κ2) is 2.35. The second-order valence-electron chi connectivity index (χ2n) is 4.58. The van der Waals surface area contributed by atoms with E-state index in [0.29, 0.717) is 0 Å². The maximum absolute atomic E-state index is 5.66. The van der Waals surface area contributed by atoms with Crippen LogP contribution in [-0.4, -0.2) is 11.2 Å². The number of hydrogen-bond donors (Lipinski definition) is 0. The summed E-state index contributed by atoms with van der Waals surface area (Å²) in [7, 11) is 0. The Kier molecular flexibility index (Phi) is 1.63. The van der Waals surface area contributed by atoms with Crippen LogP contribution >= 0.6 is 0 Å². The minimum absolute atomic E-state index is 0.142. The van der Waals surface area contributed by atoms with Crippen molar-refractivity contribution in [2.24, 2.45) is 0 Å². The normalized spacial score (nSPS) is 36.1. The largest absolute Gasteiger partial charge is 0.358 e. The first-order valence-electron chi connectivity index (χ1n) is 5.00. The summed E-state index contributed by atoms with van der Waals surface area (Å²) < 4.78 is 5.66. The Balaban J connectivity index is 1.86. The van der Waals surface area contributed by atoms with Crippen LogP contribution in [0.25, 0.3) is 0 Å². The van der Waals surface area contributed by atoms with E-state index in [0.717, 1.165) is 0 Å². The van der Waals surface area contributed by atoms with Crippen LogP contribution in [-0.2, 0) is 4.74 Å². The summed E-state index contributed by atoms with van der Waals surface area (Å²) in [5.41, 5.74) is 1.93. The van der Waals surface area contributed by atoms with Gasteiger partial charge in [0, 0.05) is 6.42 Å². The quantitative estimate of drug-likeness (QED) is 0.463. The Labute approximate surface area is 74.8 Å². The summed E-state index contributed by atoms with van der Waals surface area (Å²) >= 11 is 0. The number of unbranched alkanes of at least 4 members (excludes halogenated alkanes) is 1. The number of ether oxygens (including phenoxy) is 1. The van der Waals surface area contributed by atoms with Gasteiger partial charge in [-0.2, -0.15) is 0 Å². The van der Waals surface area contributed by atoms with Crippen molar-refractivity contribution >= 4 is 0 Å². The molecule has 0 aromatic heterocycles. The van der Waals surface area contributed by atoms with E-state index in [4.69, 9.17) is 4.74 Å². The third-order valence-corrected chi connectivity index (χ3v) is 3.19. The Morgan fingerprint density at radius 1 is 1.50 bits per heavy atom. The Bertz CT molecular complexity index is 227. The smallest absolute Gasteiger partial charge is 0.119 e. The molecule has 1 fully saturated rings. The highest BCUT2D eigenvalue weighted by Crippen LogP contribution is 2.58. The Hall–Kier alpha value is -0.300. The fourth-order valence-corrected chi connectivity index (χ4v) is 2.08. The van der Waals surface area contributed by atoms with Crippen molar-refractivity contribution in [1.29, 1.82) is 0 Å². The molecule has 2 rings (SSSR count). The van der Waals surface area contributed by atoms with Gasteiger partial charge >= 0.3 is 0 Å².